The van der Waals surface area contributed by atoms with Gasteiger partial charge >= 0.3 is 0 Å². The molecule has 0 fully saturated rings. The van der Waals surface area contributed by atoms with Gasteiger partial charge in [0, 0.05) is 29.4 Å². The fourth-order valence-electron chi connectivity index (χ4n) is 3.68. The highest BCUT2D eigenvalue weighted by atomic mass is 16.5. The van der Waals surface area contributed by atoms with E-state index in [1.54, 1.807) is 0 Å². The van der Waals surface area contributed by atoms with Crippen molar-refractivity contribution in [3.8, 4) is 17.1 Å². The number of hydrogen-bond acceptors (Lipinski definition) is 5. The zero-order valence-corrected chi connectivity index (χ0v) is 20.6. The SMILES string of the molecule is CC(C)c1cccc(OCc2cc(-c3ccc(NC(=O)c4ccc(CN(C)C)cc4)cc3)on2)c1. The summed E-state index contributed by atoms with van der Waals surface area (Å²) in [5, 5.41) is 7.07. The van der Waals surface area contributed by atoms with Gasteiger partial charge in [-0.05, 0) is 79.7 Å². The molecule has 1 N–H and O–H groups in total. The van der Waals surface area contributed by atoms with Crippen molar-refractivity contribution in [3.63, 3.8) is 0 Å². The number of benzene rings is 3. The first-order chi connectivity index (χ1) is 16.9. The van der Waals surface area contributed by atoms with E-state index in [-0.39, 0.29) is 5.91 Å². The van der Waals surface area contributed by atoms with Gasteiger partial charge in [0.15, 0.2) is 5.76 Å². The summed E-state index contributed by atoms with van der Waals surface area (Å²) in [5.41, 5.74) is 5.31. The molecule has 1 amide bonds. The van der Waals surface area contributed by atoms with E-state index >= 15 is 0 Å². The number of carbonyl (C=O) groups is 1. The summed E-state index contributed by atoms with van der Waals surface area (Å²) in [6.45, 7) is 5.48. The molecule has 0 radical (unpaired) electrons. The van der Waals surface area contributed by atoms with E-state index in [1.165, 1.54) is 5.56 Å². The molecule has 6 nitrogen and oxygen atoms in total. The molecule has 0 aliphatic carbocycles. The van der Waals surface area contributed by atoms with Gasteiger partial charge in [-0.25, -0.2) is 0 Å². The van der Waals surface area contributed by atoms with Crippen LogP contribution >= 0.6 is 0 Å². The average Bonchev–Trinajstić information content (AvgIpc) is 3.32. The van der Waals surface area contributed by atoms with Crippen molar-refractivity contribution < 1.29 is 14.1 Å². The smallest absolute Gasteiger partial charge is 0.255 e. The average molecular weight is 470 g/mol. The predicted octanol–water partition coefficient (Wildman–Crippen LogP) is 6.36. The lowest BCUT2D eigenvalue weighted by Crippen LogP contribution is -2.13. The third kappa shape index (κ3) is 6.58. The number of nitrogens with zero attached hydrogens (tertiary/aromatic N) is 2. The van der Waals surface area contributed by atoms with Gasteiger partial charge in [-0.3, -0.25) is 4.79 Å². The highest BCUT2D eigenvalue weighted by Gasteiger charge is 2.10. The Bertz CT molecular complexity index is 1260. The fraction of sp³-hybridized carbons (Fsp3) is 0.241. The molecule has 1 heterocycles. The van der Waals surface area contributed by atoms with Crippen molar-refractivity contribution in [2.45, 2.75) is 32.9 Å². The number of anilines is 1. The van der Waals surface area contributed by atoms with E-state index in [4.69, 9.17) is 9.26 Å². The van der Waals surface area contributed by atoms with Crippen LogP contribution in [0.1, 0.15) is 46.9 Å². The van der Waals surface area contributed by atoms with Gasteiger partial charge in [-0.15, -0.1) is 0 Å². The lowest BCUT2D eigenvalue weighted by Gasteiger charge is -2.10. The van der Waals surface area contributed by atoms with Crippen molar-refractivity contribution in [2.75, 3.05) is 19.4 Å². The van der Waals surface area contributed by atoms with Crippen molar-refractivity contribution in [2.24, 2.45) is 0 Å². The number of carbonyl (C=O) groups excluding carboxylic acids is 1. The molecule has 0 saturated carbocycles. The summed E-state index contributed by atoms with van der Waals surface area (Å²) in [4.78, 5) is 14.7. The first-order valence-corrected chi connectivity index (χ1v) is 11.7. The quantitative estimate of drug-likeness (QED) is 0.309. The maximum absolute atomic E-state index is 12.6. The number of nitrogens with one attached hydrogen (secondary N) is 1. The summed E-state index contributed by atoms with van der Waals surface area (Å²) < 4.78 is 11.4. The van der Waals surface area contributed by atoms with E-state index in [9.17, 15) is 4.79 Å². The molecule has 35 heavy (non-hydrogen) atoms. The van der Waals surface area contributed by atoms with Crippen LogP contribution in [0, 0.1) is 0 Å². The second kappa shape index (κ2) is 11.0. The minimum atomic E-state index is -0.144. The number of aromatic nitrogens is 1. The molecule has 0 atom stereocenters. The molecule has 0 spiro atoms. The second-order valence-electron chi connectivity index (χ2n) is 9.16. The monoisotopic (exact) mass is 469 g/mol. The summed E-state index contributed by atoms with van der Waals surface area (Å²) in [6, 6.07) is 25.1. The standard InChI is InChI=1S/C29H31N3O3/c1-20(2)24-6-5-7-27(16-24)34-19-26-17-28(35-31-26)22-12-14-25(15-13-22)30-29(33)23-10-8-21(9-11-23)18-32(3)4/h5-17,20H,18-19H2,1-4H3,(H,30,33). The lowest BCUT2D eigenvalue weighted by atomic mass is 10.0. The fourth-order valence-corrected chi connectivity index (χ4v) is 3.68. The van der Waals surface area contributed by atoms with Crippen LogP contribution in [0.2, 0.25) is 0 Å². The number of ether oxygens (including phenoxy) is 1. The van der Waals surface area contributed by atoms with Crippen molar-refractivity contribution >= 4 is 11.6 Å². The van der Waals surface area contributed by atoms with Crippen LogP contribution in [0.3, 0.4) is 0 Å². The highest BCUT2D eigenvalue weighted by molar-refractivity contribution is 6.04. The summed E-state index contributed by atoms with van der Waals surface area (Å²) in [5.74, 6) is 1.76. The first-order valence-electron chi connectivity index (χ1n) is 11.7. The van der Waals surface area contributed by atoms with Crippen LogP contribution in [0.5, 0.6) is 5.75 Å². The molecule has 1 aromatic heterocycles. The molecule has 4 aromatic rings. The van der Waals surface area contributed by atoms with Gasteiger partial charge in [-0.1, -0.05) is 43.3 Å². The van der Waals surface area contributed by atoms with Gasteiger partial charge < -0.3 is 19.5 Å². The predicted molar refractivity (Wildman–Crippen MR) is 139 cm³/mol. The summed E-state index contributed by atoms with van der Waals surface area (Å²) >= 11 is 0. The highest BCUT2D eigenvalue weighted by Crippen LogP contribution is 2.24. The lowest BCUT2D eigenvalue weighted by molar-refractivity contribution is 0.102. The molecule has 4 rings (SSSR count). The Morgan fingerprint density at radius 3 is 2.43 bits per heavy atom. The largest absolute Gasteiger partial charge is 0.487 e. The van der Waals surface area contributed by atoms with Crippen molar-refractivity contribution in [1.29, 1.82) is 0 Å². The van der Waals surface area contributed by atoms with E-state index in [0.29, 0.717) is 35.2 Å². The minimum Gasteiger partial charge on any atom is -0.487 e. The van der Waals surface area contributed by atoms with Crippen LogP contribution in [-0.2, 0) is 13.2 Å². The number of rotatable bonds is 9. The zero-order chi connectivity index (χ0) is 24.8. The van der Waals surface area contributed by atoms with Gasteiger partial charge in [0.25, 0.3) is 5.91 Å². The van der Waals surface area contributed by atoms with Crippen LogP contribution in [0.4, 0.5) is 5.69 Å². The maximum atomic E-state index is 12.6. The van der Waals surface area contributed by atoms with Crippen LogP contribution in [-0.4, -0.2) is 30.1 Å². The maximum Gasteiger partial charge on any atom is 0.255 e. The van der Waals surface area contributed by atoms with Crippen LogP contribution in [0.15, 0.2) is 83.4 Å². The normalized spacial score (nSPS) is 11.1. The van der Waals surface area contributed by atoms with Gasteiger partial charge in [-0.2, -0.15) is 0 Å². The molecule has 0 aliphatic rings. The Hall–Kier alpha value is -3.90. The number of hydrogen-bond donors (Lipinski definition) is 1. The first kappa shape index (κ1) is 24.2. The molecule has 3 aromatic carbocycles. The van der Waals surface area contributed by atoms with Gasteiger partial charge in [0.2, 0.25) is 0 Å². The molecule has 0 aliphatic heterocycles. The Balaban J connectivity index is 1.34. The molecule has 6 heteroatoms. The van der Waals surface area contributed by atoms with Crippen molar-refractivity contribution in [3.05, 3.63) is 101 Å². The second-order valence-corrected chi connectivity index (χ2v) is 9.16. The summed E-state index contributed by atoms with van der Waals surface area (Å²) in [7, 11) is 4.04. The van der Waals surface area contributed by atoms with E-state index in [1.807, 2.05) is 80.8 Å². The molecule has 0 saturated heterocycles. The minimum absolute atomic E-state index is 0.144. The zero-order valence-electron chi connectivity index (χ0n) is 20.6. The molecule has 180 valence electrons. The van der Waals surface area contributed by atoms with Crippen LogP contribution in [0.25, 0.3) is 11.3 Å². The third-order valence-corrected chi connectivity index (χ3v) is 5.61. The molecular weight excluding hydrogens is 438 g/mol. The Morgan fingerprint density at radius 2 is 1.74 bits per heavy atom. The molecule has 0 bridgehead atoms. The third-order valence-electron chi connectivity index (χ3n) is 5.61. The van der Waals surface area contributed by atoms with E-state index in [0.717, 1.165) is 23.4 Å². The molecular formula is C29H31N3O3. The van der Waals surface area contributed by atoms with E-state index in [2.05, 4.69) is 41.4 Å². The van der Waals surface area contributed by atoms with E-state index < -0.39 is 0 Å². The Kier molecular flexibility index (Phi) is 7.63. The molecule has 0 unspecified atom stereocenters. The van der Waals surface area contributed by atoms with Gasteiger partial charge in [0.1, 0.15) is 18.1 Å². The summed E-state index contributed by atoms with van der Waals surface area (Å²) in [6.07, 6.45) is 0. The Labute approximate surface area is 206 Å². The topological polar surface area (TPSA) is 67.6 Å². The van der Waals surface area contributed by atoms with Crippen molar-refractivity contribution in [1.82, 2.24) is 10.1 Å². The number of amides is 1. The Morgan fingerprint density at radius 1 is 1.00 bits per heavy atom. The van der Waals surface area contributed by atoms with Gasteiger partial charge in [0.05, 0.1) is 0 Å². The van der Waals surface area contributed by atoms with Crippen LogP contribution < -0.4 is 10.1 Å².